The molecule has 2 amide bonds. The van der Waals surface area contributed by atoms with E-state index in [0.29, 0.717) is 34.2 Å². The second-order valence-corrected chi connectivity index (χ2v) is 15.9. The maximum atomic E-state index is 13.5. The van der Waals surface area contributed by atoms with Crippen molar-refractivity contribution in [2.75, 3.05) is 10.6 Å². The van der Waals surface area contributed by atoms with Crippen LogP contribution in [0.4, 0.5) is 23.0 Å². The first-order valence-electron chi connectivity index (χ1n) is 20.5. The number of nitrogens with zero attached hydrogens (tertiary/aromatic N) is 6. The first-order chi connectivity index (χ1) is 30.1. The number of hydrogen-bond acceptors (Lipinski definition) is 12. The molecule has 6 heterocycles. The number of amides is 2. The molecule has 0 atom stereocenters. The molecule has 316 valence electrons. The van der Waals surface area contributed by atoms with Crippen LogP contribution < -0.4 is 37.8 Å². The van der Waals surface area contributed by atoms with Crippen LogP contribution >= 0.6 is 11.6 Å². The lowest BCUT2D eigenvalue weighted by Gasteiger charge is -2.35. The van der Waals surface area contributed by atoms with Crippen molar-refractivity contribution in [1.29, 1.82) is 0 Å². The van der Waals surface area contributed by atoms with Gasteiger partial charge in [0.1, 0.15) is 58.4 Å². The minimum Gasteiger partial charge on any atom is -0.423 e. The number of benzene rings is 2. The quantitative estimate of drug-likeness (QED) is 0.120. The van der Waals surface area contributed by atoms with E-state index in [4.69, 9.17) is 21.6 Å². The number of nitrogens with one attached hydrogen (secondary N) is 4. The maximum Gasteiger partial charge on any atom is 0.488 e. The van der Waals surface area contributed by atoms with E-state index in [0.717, 1.165) is 75.3 Å². The number of aromatic nitrogens is 6. The van der Waals surface area contributed by atoms with Gasteiger partial charge in [-0.25, -0.2) is 19.9 Å². The van der Waals surface area contributed by atoms with Crippen LogP contribution in [0.1, 0.15) is 85.2 Å². The highest BCUT2D eigenvalue weighted by atomic mass is 35.5. The van der Waals surface area contributed by atoms with Crippen molar-refractivity contribution in [3.05, 3.63) is 147 Å². The summed E-state index contributed by atoms with van der Waals surface area (Å²) in [4.78, 5) is 68.0. The van der Waals surface area contributed by atoms with Crippen LogP contribution in [0.2, 0.25) is 5.02 Å². The van der Waals surface area contributed by atoms with Gasteiger partial charge in [0.05, 0.1) is 5.02 Å². The molecule has 0 saturated heterocycles. The fraction of sp³-hybridized carbons (Fsp3) is 0.273. The Balaban J connectivity index is 0.000000144. The smallest absolute Gasteiger partial charge is 0.423 e. The van der Waals surface area contributed by atoms with Crippen LogP contribution in [0.5, 0.6) is 0 Å². The van der Waals surface area contributed by atoms with Crippen LogP contribution in [0, 0.1) is 0 Å². The molecule has 0 unspecified atom stereocenters. The van der Waals surface area contributed by atoms with Gasteiger partial charge in [0, 0.05) is 18.0 Å². The second-order valence-electron chi connectivity index (χ2n) is 15.5. The Kier molecular flexibility index (Phi) is 12.3. The Hall–Kier alpha value is -6.69. The van der Waals surface area contributed by atoms with Crippen molar-refractivity contribution in [1.82, 2.24) is 39.7 Å². The summed E-state index contributed by atoms with van der Waals surface area (Å²) < 4.78 is 3.24. The lowest BCUT2D eigenvalue weighted by molar-refractivity contribution is 0.0867. The molecule has 0 bridgehead atoms. The number of hydrogen-bond donors (Lipinski definition) is 6. The normalized spacial score (nSPS) is 16.4. The highest BCUT2D eigenvalue weighted by Crippen LogP contribution is 2.41. The van der Waals surface area contributed by atoms with Gasteiger partial charge in [-0.05, 0) is 86.7 Å². The molecular weight excluding hydrogens is 811 g/mol. The molecule has 2 aliphatic heterocycles. The summed E-state index contributed by atoms with van der Waals surface area (Å²) in [7, 11) is -1.34. The predicted octanol–water partition coefficient (Wildman–Crippen LogP) is 5.17. The minimum absolute atomic E-state index is 0.184. The van der Waals surface area contributed by atoms with Gasteiger partial charge in [0.2, 0.25) is 0 Å². The molecule has 6 aromatic rings. The molecule has 4 aromatic heterocycles. The molecule has 62 heavy (non-hydrogen) atoms. The molecular formula is C44H44BClN10O6. The standard InChI is InChI=1S/C22H21N5O2.C16H16ClN5O2.C6H7BO2/c28-20-19-16(15-7-3-1-4-8-15)13-17(25-18-9-12-23-14-24-18)21(29)27(19)22(26-20)10-5-2-6-11-22;17-10-8-11(20-12-4-7-18-9-19-12)15(24)22-13(10)14(23)21-16(22)5-2-1-3-6-16;8-7(9)6-4-2-1-3-5-6/h1,3-4,7-9,12-14H,2,5-6,10-11H2,(H,26,28)(H,23,24,25);4,7-9H,1-3,5-6H2,(H,21,23)(H,18,19,20);1-5,8-9H. The van der Waals surface area contributed by atoms with Crippen LogP contribution in [0.15, 0.2) is 120 Å². The van der Waals surface area contributed by atoms with Crippen molar-refractivity contribution >= 4 is 59.0 Å². The van der Waals surface area contributed by atoms with Crippen molar-refractivity contribution in [2.24, 2.45) is 0 Å². The molecule has 16 nitrogen and oxygen atoms in total. The lowest BCUT2D eigenvalue weighted by atomic mass is 9.81. The number of pyridine rings is 2. The zero-order valence-corrected chi connectivity index (χ0v) is 34.4. The number of anilines is 4. The van der Waals surface area contributed by atoms with Gasteiger partial charge < -0.3 is 31.3 Å². The van der Waals surface area contributed by atoms with Crippen LogP contribution in [0.25, 0.3) is 11.1 Å². The average Bonchev–Trinajstić information content (AvgIpc) is 3.74. The van der Waals surface area contributed by atoms with Crippen molar-refractivity contribution in [3.8, 4) is 11.1 Å². The Morgan fingerprint density at radius 2 is 1.08 bits per heavy atom. The number of carbonyl (C=O) groups excluding carboxylic acids is 2. The summed E-state index contributed by atoms with van der Waals surface area (Å²) >= 11 is 6.32. The molecule has 0 radical (unpaired) electrons. The third kappa shape index (κ3) is 8.46. The zero-order valence-electron chi connectivity index (χ0n) is 33.6. The Morgan fingerprint density at radius 3 is 1.55 bits per heavy atom. The van der Waals surface area contributed by atoms with E-state index < -0.39 is 18.4 Å². The van der Waals surface area contributed by atoms with E-state index in [9.17, 15) is 19.2 Å². The zero-order chi connectivity index (χ0) is 43.3. The fourth-order valence-electron chi connectivity index (χ4n) is 8.72. The SMILES string of the molecule is O=C1NC2(CCCCC2)n2c1c(-c1ccccc1)cc(Nc1ccncn1)c2=O.O=C1NC2(CCCCC2)n2c1c(Cl)cc(Nc1ccncn1)c2=O.OB(O)c1ccccc1. The topological polar surface area (TPSA) is 218 Å². The molecule has 4 aliphatic rings. The summed E-state index contributed by atoms with van der Waals surface area (Å²) in [5, 5.41) is 29.7. The number of carbonyl (C=O) groups is 2. The van der Waals surface area contributed by atoms with Crippen molar-refractivity contribution in [3.63, 3.8) is 0 Å². The molecule has 10 rings (SSSR count). The predicted molar refractivity (Wildman–Crippen MR) is 236 cm³/mol. The van der Waals surface area contributed by atoms with Crippen molar-refractivity contribution in [2.45, 2.75) is 75.5 Å². The lowest BCUT2D eigenvalue weighted by Crippen LogP contribution is -2.48. The van der Waals surface area contributed by atoms with E-state index in [-0.39, 0.29) is 33.6 Å². The highest BCUT2D eigenvalue weighted by molar-refractivity contribution is 6.58. The molecule has 2 fully saturated rings. The fourth-order valence-corrected chi connectivity index (χ4v) is 9.00. The van der Waals surface area contributed by atoms with Crippen LogP contribution in [-0.4, -0.2) is 58.1 Å². The highest BCUT2D eigenvalue weighted by Gasteiger charge is 2.47. The van der Waals surface area contributed by atoms with E-state index in [1.54, 1.807) is 64.0 Å². The summed E-state index contributed by atoms with van der Waals surface area (Å²) in [6, 6.07) is 25.0. The largest absolute Gasteiger partial charge is 0.488 e. The van der Waals surface area contributed by atoms with E-state index >= 15 is 0 Å². The van der Waals surface area contributed by atoms with E-state index in [1.807, 2.05) is 36.4 Å². The first-order valence-corrected chi connectivity index (χ1v) is 20.9. The van der Waals surface area contributed by atoms with E-state index in [1.165, 1.54) is 18.7 Å². The average molecular weight is 855 g/mol. The number of halogens is 1. The molecule has 2 aromatic carbocycles. The number of rotatable bonds is 6. The Morgan fingerprint density at radius 1 is 0.613 bits per heavy atom. The van der Waals surface area contributed by atoms with Gasteiger partial charge >= 0.3 is 7.12 Å². The molecule has 2 aliphatic carbocycles. The summed E-state index contributed by atoms with van der Waals surface area (Å²) in [6.07, 6.45) is 15.1. The molecule has 2 spiro atoms. The van der Waals surface area contributed by atoms with Gasteiger partial charge in [-0.3, -0.25) is 28.3 Å². The summed E-state index contributed by atoms with van der Waals surface area (Å²) in [5.41, 5.74) is 1.75. The van der Waals surface area contributed by atoms with Gasteiger partial charge in [0.15, 0.2) is 0 Å². The minimum atomic E-state index is -1.34. The molecule has 18 heteroatoms. The van der Waals surface area contributed by atoms with Gasteiger partial charge in [-0.1, -0.05) is 85.1 Å². The maximum absolute atomic E-state index is 13.5. The monoisotopic (exact) mass is 854 g/mol. The summed E-state index contributed by atoms with van der Waals surface area (Å²) in [6.45, 7) is 0. The van der Waals surface area contributed by atoms with Crippen molar-refractivity contribution < 1.29 is 19.6 Å². The second kappa shape index (κ2) is 18.1. The van der Waals surface area contributed by atoms with Crippen LogP contribution in [0.3, 0.4) is 0 Å². The third-order valence-electron chi connectivity index (χ3n) is 11.6. The summed E-state index contributed by atoms with van der Waals surface area (Å²) in [5.74, 6) is 0.560. The van der Waals surface area contributed by atoms with Gasteiger partial charge in [-0.2, -0.15) is 0 Å². The number of fused-ring (bicyclic) bond motifs is 4. The first kappa shape index (κ1) is 42.0. The Labute approximate surface area is 361 Å². The van der Waals surface area contributed by atoms with Gasteiger partial charge in [0.25, 0.3) is 22.9 Å². The Bertz CT molecular complexity index is 2680. The van der Waals surface area contributed by atoms with E-state index in [2.05, 4.69) is 41.2 Å². The molecule has 2 saturated carbocycles. The third-order valence-corrected chi connectivity index (χ3v) is 11.9. The van der Waals surface area contributed by atoms with Crippen LogP contribution in [-0.2, 0) is 11.3 Å². The van der Waals surface area contributed by atoms with Gasteiger partial charge in [-0.15, -0.1) is 0 Å². The molecule has 6 N–H and O–H groups in total.